The highest BCUT2D eigenvalue weighted by atomic mass is 16.5. The maximum Gasteiger partial charge on any atom is 0.0698 e. The molecular formula is C12H22N2O2. The molecule has 1 unspecified atom stereocenters. The summed E-state index contributed by atoms with van der Waals surface area (Å²) in [6.07, 6.45) is 4.08. The molecule has 0 saturated carbocycles. The third-order valence-electron chi connectivity index (χ3n) is 2.61. The van der Waals surface area contributed by atoms with Crippen molar-refractivity contribution < 1.29 is 9.84 Å². The lowest BCUT2D eigenvalue weighted by Gasteiger charge is -2.13. The van der Waals surface area contributed by atoms with E-state index in [1.807, 2.05) is 6.20 Å². The summed E-state index contributed by atoms with van der Waals surface area (Å²) >= 11 is 0. The summed E-state index contributed by atoms with van der Waals surface area (Å²) in [5, 5.41) is 8.55. The van der Waals surface area contributed by atoms with Crippen molar-refractivity contribution in [3.63, 3.8) is 0 Å². The van der Waals surface area contributed by atoms with Crippen LogP contribution in [0.4, 0.5) is 0 Å². The molecule has 1 heterocycles. The summed E-state index contributed by atoms with van der Waals surface area (Å²) in [5.41, 5.74) is 7.21. The molecule has 1 aromatic rings. The molecule has 1 rings (SSSR count). The molecule has 0 aromatic carbocycles. The summed E-state index contributed by atoms with van der Waals surface area (Å²) in [6, 6.07) is 2.15. The number of aliphatic hydroxyl groups is 1. The predicted molar refractivity (Wildman–Crippen MR) is 64.1 cm³/mol. The van der Waals surface area contributed by atoms with E-state index in [0.717, 1.165) is 12.1 Å². The largest absolute Gasteiger partial charge is 0.394 e. The van der Waals surface area contributed by atoms with Crippen LogP contribution in [0.15, 0.2) is 18.5 Å². The Morgan fingerprint density at radius 3 is 2.81 bits per heavy atom. The molecule has 92 valence electrons. The molecular weight excluding hydrogens is 204 g/mol. The van der Waals surface area contributed by atoms with E-state index in [4.69, 9.17) is 15.6 Å². The summed E-state index contributed by atoms with van der Waals surface area (Å²) in [5.74, 6) is 0.446. The van der Waals surface area contributed by atoms with Crippen molar-refractivity contribution in [1.82, 2.24) is 4.57 Å². The third kappa shape index (κ3) is 3.96. The molecule has 4 nitrogen and oxygen atoms in total. The number of rotatable bonds is 7. The van der Waals surface area contributed by atoms with E-state index in [2.05, 4.69) is 30.7 Å². The summed E-state index contributed by atoms with van der Waals surface area (Å²) in [4.78, 5) is 0. The highest BCUT2D eigenvalue weighted by molar-refractivity contribution is 5.15. The van der Waals surface area contributed by atoms with Gasteiger partial charge in [-0.1, -0.05) is 13.8 Å². The van der Waals surface area contributed by atoms with Crippen molar-refractivity contribution >= 4 is 0 Å². The van der Waals surface area contributed by atoms with Crippen LogP contribution in [0.2, 0.25) is 0 Å². The van der Waals surface area contributed by atoms with Gasteiger partial charge in [0, 0.05) is 25.0 Å². The zero-order valence-electron chi connectivity index (χ0n) is 10.1. The average Bonchev–Trinajstić information content (AvgIpc) is 2.72. The van der Waals surface area contributed by atoms with Crippen molar-refractivity contribution in [1.29, 1.82) is 0 Å². The fraction of sp³-hybridized carbons (Fsp3) is 0.667. The molecule has 1 atom stereocenters. The topological polar surface area (TPSA) is 60.4 Å². The average molecular weight is 226 g/mol. The van der Waals surface area contributed by atoms with Gasteiger partial charge in [0.05, 0.1) is 19.8 Å². The van der Waals surface area contributed by atoms with Crippen molar-refractivity contribution in [2.45, 2.75) is 26.4 Å². The third-order valence-corrected chi connectivity index (χ3v) is 2.61. The van der Waals surface area contributed by atoms with Crippen LogP contribution in [0.3, 0.4) is 0 Å². The minimum Gasteiger partial charge on any atom is -0.394 e. The van der Waals surface area contributed by atoms with E-state index in [0.29, 0.717) is 19.1 Å². The van der Waals surface area contributed by atoms with Crippen LogP contribution >= 0.6 is 0 Å². The van der Waals surface area contributed by atoms with E-state index in [1.54, 1.807) is 0 Å². The lowest BCUT2D eigenvalue weighted by molar-refractivity contribution is 0.0870. The van der Waals surface area contributed by atoms with Crippen LogP contribution in [-0.2, 0) is 11.3 Å². The van der Waals surface area contributed by atoms with Gasteiger partial charge in [0.25, 0.3) is 0 Å². The second kappa shape index (κ2) is 6.68. The Hall–Kier alpha value is -0.840. The van der Waals surface area contributed by atoms with Gasteiger partial charge in [-0.25, -0.2) is 0 Å². The first-order valence-corrected chi connectivity index (χ1v) is 5.75. The van der Waals surface area contributed by atoms with Crippen molar-refractivity contribution in [3.8, 4) is 0 Å². The van der Waals surface area contributed by atoms with Gasteiger partial charge in [-0.05, 0) is 17.5 Å². The van der Waals surface area contributed by atoms with Gasteiger partial charge in [0.1, 0.15) is 0 Å². The number of nitrogens with two attached hydrogens (primary N) is 1. The normalized spacial score (nSPS) is 13.3. The monoisotopic (exact) mass is 226 g/mol. The first-order chi connectivity index (χ1) is 7.65. The van der Waals surface area contributed by atoms with E-state index in [-0.39, 0.29) is 12.6 Å². The Bertz CT molecular complexity index is 297. The number of hydrogen-bond acceptors (Lipinski definition) is 3. The molecule has 3 N–H and O–H groups in total. The molecule has 0 saturated heterocycles. The SMILES string of the molecule is CC(C)C(N)c1ccn(CCOCCO)c1. The molecule has 0 radical (unpaired) electrons. The lowest BCUT2D eigenvalue weighted by atomic mass is 10.00. The van der Waals surface area contributed by atoms with Crippen LogP contribution in [0.25, 0.3) is 0 Å². The molecule has 16 heavy (non-hydrogen) atoms. The van der Waals surface area contributed by atoms with Gasteiger partial charge in [-0.15, -0.1) is 0 Å². The van der Waals surface area contributed by atoms with Crippen molar-refractivity contribution in [2.24, 2.45) is 11.7 Å². The van der Waals surface area contributed by atoms with Crippen LogP contribution in [-0.4, -0.2) is 29.5 Å². The second-order valence-corrected chi connectivity index (χ2v) is 4.29. The lowest BCUT2D eigenvalue weighted by Crippen LogP contribution is -2.16. The highest BCUT2D eigenvalue weighted by Crippen LogP contribution is 2.18. The molecule has 0 amide bonds. The molecule has 0 aliphatic carbocycles. The number of hydrogen-bond donors (Lipinski definition) is 2. The second-order valence-electron chi connectivity index (χ2n) is 4.29. The summed E-state index contributed by atoms with van der Waals surface area (Å²) < 4.78 is 7.27. The maximum atomic E-state index is 8.55. The van der Waals surface area contributed by atoms with Gasteiger partial charge in [0.15, 0.2) is 0 Å². The Balaban J connectivity index is 2.39. The fourth-order valence-electron chi connectivity index (χ4n) is 1.52. The quantitative estimate of drug-likeness (QED) is 0.686. The van der Waals surface area contributed by atoms with Crippen LogP contribution < -0.4 is 5.73 Å². The standard InChI is InChI=1S/C12H22N2O2/c1-10(2)12(13)11-3-4-14(9-11)5-7-16-8-6-15/h3-4,9-10,12,15H,5-8,13H2,1-2H3. The smallest absolute Gasteiger partial charge is 0.0698 e. The van der Waals surface area contributed by atoms with Gasteiger partial charge in [0.2, 0.25) is 0 Å². The van der Waals surface area contributed by atoms with Gasteiger partial charge in [-0.3, -0.25) is 0 Å². The predicted octanol–water partition coefficient (Wildman–Crippen LogP) is 1.15. The van der Waals surface area contributed by atoms with Crippen LogP contribution in [0.1, 0.15) is 25.5 Å². The van der Waals surface area contributed by atoms with Gasteiger partial charge in [-0.2, -0.15) is 0 Å². The fourth-order valence-corrected chi connectivity index (χ4v) is 1.52. The maximum absolute atomic E-state index is 8.55. The van der Waals surface area contributed by atoms with Gasteiger partial charge < -0.3 is 20.1 Å². The zero-order valence-corrected chi connectivity index (χ0v) is 10.1. The van der Waals surface area contributed by atoms with E-state index < -0.39 is 0 Å². The Kier molecular flexibility index (Phi) is 5.52. The number of aliphatic hydroxyl groups excluding tert-OH is 1. The summed E-state index contributed by atoms with van der Waals surface area (Å²) in [7, 11) is 0. The summed E-state index contributed by atoms with van der Waals surface area (Å²) in [6.45, 7) is 6.13. The Labute approximate surface area is 97.0 Å². The molecule has 0 aliphatic rings. The molecule has 0 aliphatic heterocycles. The van der Waals surface area contributed by atoms with Crippen molar-refractivity contribution in [2.75, 3.05) is 19.8 Å². The Morgan fingerprint density at radius 1 is 1.44 bits per heavy atom. The molecule has 4 heteroatoms. The van der Waals surface area contributed by atoms with Gasteiger partial charge >= 0.3 is 0 Å². The molecule has 1 aromatic heterocycles. The molecule has 0 bridgehead atoms. The number of aromatic nitrogens is 1. The number of ether oxygens (including phenoxy) is 1. The zero-order chi connectivity index (χ0) is 12.0. The van der Waals surface area contributed by atoms with Crippen LogP contribution in [0, 0.1) is 5.92 Å². The molecule has 0 spiro atoms. The minimum atomic E-state index is 0.0785. The number of nitrogens with zero attached hydrogens (tertiary/aromatic N) is 1. The van der Waals surface area contributed by atoms with Crippen molar-refractivity contribution in [3.05, 3.63) is 24.0 Å². The highest BCUT2D eigenvalue weighted by Gasteiger charge is 2.11. The first kappa shape index (κ1) is 13.2. The van der Waals surface area contributed by atoms with Crippen LogP contribution in [0.5, 0.6) is 0 Å². The van der Waals surface area contributed by atoms with E-state index in [9.17, 15) is 0 Å². The first-order valence-electron chi connectivity index (χ1n) is 5.75. The molecule has 0 fully saturated rings. The Morgan fingerprint density at radius 2 is 2.19 bits per heavy atom. The van der Waals surface area contributed by atoms with E-state index >= 15 is 0 Å². The minimum absolute atomic E-state index is 0.0785. The van der Waals surface area contributed by atoms with E-state index in [1.165, 1.54) is 0 Å².